The summed E-state index contributed by atoms with van der Waals surface area (Å²) >= 11 is 0. The monoisotopic (exact) mass is 309 g/mol. The second-order valence-electron chi connectivity index (χ2n) is 5.62. The summed E-state index contributed by atoms with van der Waals surface area (Å²) in [6.07, 6.45) is 1.40. The van der Waals surface area contributed by atoms with Crippen LogP contribution in [0.4, 0.5) is 0 Å². The summed E-state index contributed by atoms with van der Waals surface area (Å²) in [6, 6.07) is 4.05. The van der Waals surface area contributed by atoms with Crippen molar-refractivity contribution < 1.29 is 13.9 Å². The molecule has 2 rings (SSSR count). The third-order valence-corrected chi connectivity index (χ3v) is 3.90. The number of hydrogen-bond acceptors (Lipinski definition) is 5. The predicted octanol–water partition coefficient (Wildman–Crippen LogP) is 1.08. The molecule has 1 aliphatic heterocycles. The van der Waals surface area contributed by atoms with E-state index in [-0.39, 0.29) is 11.9 Å². The van der Waals surface area contributed by atoms with Gasteiger partial charge in [0.05, 0.1) is 19.3 Å². The highest BCUT2D eigenvalue weighted by Gasteiger charge is 2.25. The number of rotatable bonds is 8. The van der Waals surface area contributed by atoms with Crippen LogP contribution in [0.25, 0.3) is 0 Å². The van der Waals surface area contributed by atoms with Crippen molar-refractivity contribution in [1.29, 1.82) is 0 Å². The Labute approximate surface area is 132 Å². The lowest BCUT2D eigenvalue weighted by Gasteiger charge is -2.33. The average Bonchev–Trinajstić information content (AvgIpc) is 2.95. The molecule has 0 bridgehead atoms. The lowest BCUT2D eigenvalue weighted by molar-refractivity contribution is -0.121. The zero-order chi connectivity index (χ0) is 15.8. The van der Waals surface area contributed by atoms with Gasteiger partial charge in [0.1, 0.15) is 11.5 Å². The van der Waals surface area contributed by atoms with Gasteiger partial charge in [-0.05, 0) is 39.1 Å². The minimum absolute atomic E-state index is 0.0749. The van der Waals surface area contributed by atoms with Gasteiger partial charge in [-0.3, -0.25) is 9.69 Å². The molecule has 2 N–H and O–H groups in total. The molecule has 1 saturated heterocycles. The van der Waals surface area contributed by atoms with Gasteiger partial charge in [-0.2, -0.15) is 0 Å². The number of carbonyl (C=O) groups is 1. The number of hydrogen-bond donors (Lipinski definition) is 2. The first kappa shape index (κ1) is 17.0. The molecule has 0 aliphatic carbocycles. The topological polar surface area (TPSA) is 66.7 Å². The molecule has 0 radical (unpaired) electrons. The predicted molar refractivity (Wildman–Crippen MR) is 84.7 cm³/mol. The van der Waals surface area contributed by atoms with E-state index in [0.717, 1.165) is 50.8 Å². The minimum atomic E-state index is 0.0749. The van der Waals surface area contributed by atoms with Gasteiger partial charge in [-0.25, -0.2) is 0 Å². The zero-order valence-electron chi connectivity index (χ0n) is 13.6. The summed E-state index contributed by atoms with van der Waals surface area (Å²) in [5.74, 6) is 1.90. The first-order chi connectivity index (χ1) is 10.7. The Morgan fingerprint density at radius 3 is 2.77 bits per heavy atom. The molecule has 124 valence electrons. The number of nitrogens with one attached hydrogen (secondary N) is 2. The highest BCUT2D eigenvalue weighted by atomic mass is 16.5. The van der Waals surface area contributed by atoms with Crippen LogP contribution in [0.1, 0.15) is 30.4 Å². The van der Waals surface area contributed by atoms with E-state index in [0.29, 0.717) is 13.0 Å². The van der Waals surface area contributed by atoms with Crippen molar-refractivity contribution in [3.8, 4) is 0 Å². The van der Waals surface area contributed by atoms with E-state index in [4.69, 9.17) is 9.15 Å². The number of carbonyl (C=O) groups excluding carboxylic acids is 1. The maximum absolute atomic E-state index is 11.9. The Kier molecular flexibility index (Phi) is 6.89. The van der Waals surface area contributed by atoms with Crippen molar-refractivity contribution in [2.75, 3.05) is 46.4 Å². The van der Waals surface area contributed by atoms with E-state index in [1.807, 2.05) is 26.1 Å². The van der Waals surface area contributed by atoms with Gasteiger partial charge in [-0.1, -0.05) is 0 Å². The summed E-state index contributed by atoms with van der Waals surface area (Å²) < 4.78 is 11.2. The second kappa shape index (κ2) is 8.92. The highest BCUT2D eigenvalue weighted by Crippen LogP contribution is 2.23. The highest BCUT2D eigenvalue weighted by molar-refractivity contribution is 5.75. The summed E-state index contributed by atoms with van der Waals surface area (Å²) in [5, 5.41) is 6.09. The van der Waals surface area contributed by atoms with Gasteiger partial charge < -0.3 is 19.8 Å². The molecular formula is C16H27N3O3. The van der Waals surface area contributed by atoms with E-state index >= 15 is 0 Å². The lowest BCUT2D eigenvalue weighted by Crippen LogP contribution is -2.43. The van der Waals surface area contributed by atoms with Gasteiger partial charge in [0.15, 0.2) is 0 Å². The number of morpholine rings is 1. The van der Waals surface area contributed by atoms with Gasteiger partial charge in [0, 0.05) is 26.1 Å². The fourth-order valence-electron chi connectivity index (χ4n) is 2.66. The second-order valence-corrected chi connectivity index (χ2v) is 5.62. The molecule has 1 amide bonds. The van der Waals surface area contributed by atoms with E-state index in [2.05, 4.69) is 15.5 Å². The molecule has 1 atom stereocenters. The Bertz CT molecular complexity index is 455. The van der Waals surface area contributed by atoms with Crippen LogP contribution in [0.5, 0.6) is 0 Å². The zero-order valence-corrected chi connectivity index (χ0v) is 13.6. The maximum Gasteiger partial charge on any atom is 0.220 e. The van der Waals surface area contributed by atoms with Crippen LogP contribution >= 0.6 is 0 Å². The van der Waals surface area contributed by atoms with E-state index in [1.54, 1.807) is 0 Å². The van der Waals surface area contributed by atoms with Crippen molar-refractivity contribution in [2.24, 2.45) is 0 Å². The fourth-order valence-corrected chi connectivity index (χ4v) is 2.66. The van der Waals surface area contributed by atoms with E-state index in [9.17, 15) is 4.79 Å². The Morgan fingerprint density at radius 2 is 2.14 bits per heavy atom. The van der Waals surface area contributed by atoms with Crippen LogP contribution in [0.15, 0.2) is 16.5 Å². The van der Waals surface area contributed by atoms with Crippen LogP contribution in [-0.2, 0) is 9.53 Å². The molecule has 0 aromatic carbocycles. The quantitative estimate of drug-likeness (QED) is 0.703. The summed E-state index contributed by atoms with van der Waals surface area (Å²) in [7, 11) is 1.89. The smallest absolute Gasteiger partial charge is 0.220 e. The molecule has 1 aliphatic rings. The largest absolute Gasteiger partial charge is 0.465 e. The molecule has 22 heavy (non-hydrogen) atoms. The summed E-state index contributed by atoms with van der Waals surface area (Å²) in [4.78, 5) is 14.2. The Hall–Kier alpha value is -1.37. The summed E-state index contributed by atoms with van der Waals surface area (Å²) in [6.45, 7) is 6.55. The van der Waals surface area contributed by atoms with Crippen molar-refractivity contribution in [2.45, 2.75) is 25.8 Å². The first-order valence-corrected chi connectivity index (χ1v) is 8.00. The molecule has 6 nitrogen and oxygen atoms in total. The van der Waals surface area contributed by atoms with Crippen LogP contribution in [0, 0.1) is 6.92 Å². The van der Waals surface area contributed by atoms with Crippen LogP contribution in [0.2, 0.25) is 0 Å². The first-order valence-electron chi connectivity index (χ1n) is 8.00. The normalized spacial score (nSPS) is 17.4. The maximum atomic E-state index is 11.9. The molecule has 6 heteroatoms. The number of nitrogens with zero attached hydrogens (tertiary/aromatic N) is 1. The van der Waals surface area contributed by atoms with Gasteiger partial charge >= 0.3 is 0 Å². The van der Waals surface area contributed by atoms with Crippen molar-refractivity contribution in [3.05, 3.63) is 23.7 Å². The molecule has 1 unspecified atom stereocenters. The molecule has 0 spiro atoms. The summed E-state index contributed by atoms with van der Waals surface area (Å²) in [5.41, 5.74) is 0. The molecule has 0 saturated carbocycles. The molecule has 1 aromatic heterocycles. The number of aryl methyl sites for hydroxylation is 1. The lowest BCUT2D eigenvalue weighted by atomic mass is 10.1. The third-order valence-electron chi connectivity index (χ3n) is 3.90. The van der Waals surface area contributed by atoms with Crippen molar-refractivity contribution >= 4 is 5.91 Å². The van der Waals surface area contributed by atoms with Gasteiger partial charge in [0.2, 0.25) is 5.91 Å². The molecule has 1 aromatic rings. The molecular weight excluding hydrogens is 282 g/mol. The minimum Gasteiger partial charge on any atom is -0.465 e. The van der Waals surface area contributed by atoms with Gasteiger partial charge in [-0.15, -0.1) is 0 Å². The van der Waals surface area contributed by atoms with Crippen LogP contribution in [-0.4, -0.2) is 57.2 Å². The van der Waals surface area contributed by atoms with Crippen LogP contribution in [0.3, 0.4) is 0 Å². The van der Waals surface area contributed by atoms with Crippen molar-refractivity contribution in [1.82, 2.24) is 15.5 Å². The molecule has 2 heterocycles. The number of amides is 1. The van der Waals surface area contributed by atoms with Gasteiger partial charge in [0.25, 0.3) is 0 Å². The average molecular weight is 309 g/mol. The Balaban J connectivity index is 1.91. The molecule has 1 fully saturated rings. The van der Waals surface area contributed by atoms with E-state index in [1.165, 1.54) is 0 Å². The number of ether oxygens (including phenoxy) is 1. The van der Waals surface area contributed by atoms with Crippen LogP contribution < -0.4 is 10.6 Å². The van der Waals surface area contributed by atoms with Crippen molar-refractivity contribution in [3.63, 3.8) is 0 Å². The third kappa shape index (κ3) is 5.12. The number of furan rings is 1. The fraction of sp³-hybridized carbons (Fsp3) is 0.688. The standard InChI is InChI=1S/C16H27N3O3/c1-13-5-6-15(22-13)14(19-8-10-21-11-9-19)12-18-16(20)4-3-7-17-2/h5-6,14,17H,3-4,7-12H2,1-2H3,(H,18,20). The Morgan fingerprint density at radius 1 is 1.36 bits per heavy atom. The SMILES string of the molecule is CNCCCC(=O)NCC(c1ccc(C)o1)N1CCOCC1. The van der Waals surface area contributed by atoms with E-state index < -0.39 is 0 Å².